The highest BCUT2D eigenvalue weighted by molar-refractivity contribution is 5.64. The first kappa shape index (κ1) is 13.3. The number of para-hydroxylation sites is 1. The van der Waals surface area contributed by atoms with E-state index in [-0.39, 0.29) is 11.5 Å². The predicted molar refractivity (Wildman–Crippen MR) is 75.7 cm³/mol. The lowest BCUT2D eigenvalue weighted by Gasteiger charge is -2.11. The topological polar surface area (TPSA) is 55.0 Å². The van der Waals surface area contributed by atoms with Crippen molar-refractivity contribution in [1.82, 2.24) is 9.97 Å². The molecule has 0 aliphatic rings. The fraction of sp³-hybridized carbons (Fsp3) is 0.333. The molecule has 19 heavy (non-hydrogen) atoms. The van der Waals surface area contributed by atoms with Crippen molar-refractivity contribution in [3.8, 4) is 17.1 Å². The van der Waals surface area contributed by atoms with Crippen LogP contribution in [0, 0.1) is 6.92 Å². The largest absolute Gasteiger partial charge is 0.496 e. The van der Waals surface area contributed by atoms with E-state index < -0.39 is 0 Å². The lowest BCUT2D eigenvalue weighted by atomic mass is 10.0. The number of nitrogens with zero attached hydrogens (tertiary/aromatic N) is 1. The van der Waals surface area contributed by atoms with Crippen LogP contribution in [0.3, 0.4) is 0 Å². The molecule has 0 unspecified atom stereocenters. The molecule has 4 nitrogen and oxygen atoms in total. The van der Waals surface area contributed by atoms with Crippen LogP contribution in [0.15, 0.2) is 29.1 Å². The summed E-state index contributed by atoms with van der Waals surface area (Å²) >= 11 is 0. The van der Waals surface area contributed by atoms with Crippen molar-refractivity contribution in [1.29, 1.82) is 0 Å². The zero-order chi connectivity index (χ0) is 14.0. The Bertz CT molecular complexity index is 645. The van der Waals surface area contributed by atoms with Gasteiger partial charge in [0.15, 0.2) is 0 Å². The summed E-state index contributed by atoms with van der Waals surface area (Å²) in [6.45, 7) is 5.84. The quantitative estimate of drug-likeness (QED) is 0.921. The van der Waals surface area contributed by atoms with Gasteiger partial charge >= 0.3 is 0 Å². The second kappa shape index (κ2) is 5.26. The zero-order valence-corrected chi connectivity index (χ0v) is 11.7. The number of hydrogen-bond acceptors (Lipinski definition) is 3. The van der Waals surface area contributed by atoms with Crippen molar-refractivity contribution in [2.45, 2.75) is 26.7 Å². The van der Waals surface area contributed by atoms with Crippen LogP contribution in [-0.2, 0) is 0 Å². The third kappa shape index (κ3) is 2.52. The normalized spacial score (nSPS) is 10.8. The first-order valence-corrected chi connectivity index (χ1v) is 6.28. The van der Waals surface area contributed by atoms with Gasteiger partial charge in [-0.3, -0.25) is 4.79 Å². The second-order valence-corrected chi connectivity index (χ2v) is 4.77. The third-order valence-corrected chi connectivity index (χ3v) is 3.09. The van der Waals surface area contributed by atoms with E-state index in [2.05, 4.69) is 9.97 Å². The smallest absolute Gasteiger partial charge is 0.254 e. The summed E-state index contributed by atoms with van der Waals surface area (Å²) in [5.74, 6) is 1.40. The van der Waals surface area contributed by atoms with Gasteiger partial charge in [-0.25, -0.2) is 4.98 Å². The number of methoxy groups -OCH3 is 1. The molecule has 100 valence electrons. The van der Waals surface area contributed by atoms with Gasteiger partial charge in [0.05, 0.1) is 12.7 Å². The average Bonchev–Trinajstić information content (AvgIpc) is 2.37. The van der Waals surface area contributed by atoms with Crippen molar-refractivity contribution in [2.24, 2.45) is 0 Å². The van der Waals surface area contributed by atoms with E-state index in [0.717, 1.165) is 16.8 Å². The number of hydrogen-bond donors (Lipinski definition) is 1. The predicted octanol–water partition coefficient (Wildman–Crippen LogP) is 2.88. The molecule has 1 heterocycles. The van der Waals surface area contributed by atoms with Crippen LogP contribution in [0.5, 0.6) is 5.75 Å². The molecular formula is C15H18N2O2. The van der Waals surface area contributed by atoms with Crippen molar-refractivity contribution in [2.75, 3.05) is 7.11 Å². The highest BCUT2D eigenvalue weighted by Crippen LogP contribution is 2.26. The van der Waals surface area contributed by atoms with Crippen LogP contribution in [0.25, 0.3) is 11.4 Å². The molecule has 2 aromatic rings. The number of ether oxygens (including phenoxy) is 1. The molecule has 0 saturated carbocycles. The fourth-order valence-corrected chi connectivity index (χ4v) is 2.24. The van der Waals surface area contributed by atoms with E-state index in [4.69, 9.17) is 4.74 Å². The second-order valence-electron chi connectivity index (χ2n) is 4.77. The number of nitrogens with one attached hydrogen (secondary N) is 1. The van der Waals surface area contributed by atoms with Crippen LogP contribution >= 0.6 is 0 Å². The Labute approximate surface area is 112 Å². The average molecular weight is 258 g/mol. The molecule has 0 saturated heterocycles. The number of aryl methyl sites for hydroxylation is 1. The third-order valence-electron chi connectivity index (χ3n) is 3.09. The van der Waals surface area contributed by atoms with Crippen molar-refractivity contribution < 1.29 is 4.74 Å². The van der Waals surface area contributed by atoms with Crippen molar-refractivity contribution >= 4 is 0 Å². The molecule has 0 aliphatic carbocycles. The zero-order valence-electron chi connectivity index (χ0n) is 11.7. The van der Waals surface area contributed by atoms with E-state index >= 15 is 0 Å². The number of rotatable bonds is 3. The van der Waals surface area contributed by atoms with Crippen LogP contribution in [0.4, 0.5) is 0 Å². The highest BCUT2D eigenvalue weighted by atomic mass is 16.5. The minimum atomic E-state index is -0.0802. The van der Waals surface area contributed by atoms with Crippen LogP contribution in [0.1, 0.15) is 31.0 Å². The first-order chi connectivity index (χ1) is 9.04. The Morgan fingerprint density at radius 3 is 2.53 bits per heavy atom. The number of benzene rings is 1. The van der Waals surface area contributed by atoms with Crippen molar-refractivity contribution in [3.63, 3.8) is 0 Å². The maximum absolute atomic E-state index is 12.1. The summed E-state index contributed by atoms with van der Waals surface area (Å²) in [5, 5.41) is 0. The van der Waals surface area contributed by atoms with Gasteiger partial charge in [0.2, 0.25) is 0 Å². The minimum Gasteiger partial charge on any atom is -0.496 e. The van der Waals surface area contributed by atoms with Gasteiger partial charge in [-0.15, -0.1) is 0 Å². The standard InChI is InChI=1S/C15H18N2O2/c1-9(2)13-10(3)16-14(17-15(13)18)11-7-5-6-8-12(11)19-4/h5-9H,1-4H3,(H,16,17,18). The van der Waals surface area contributed by atoms with E-state index in [1.807, 2.05) is 45.0 Å². The number of H-pyrrole nitrogens is 1. The molecule has 1 N–H and O–H groups in total. The molecule has 0 amide bonds. The van der Waals surface area contributed by atoms with E-state index in [1.54, 1.807) is 7.11 Å². The minimum absolute atomic E-state index is 0.0802. The molecule has 1 aromatic carbocycles. The van der Waals surface area contributed by atoms with Crippen LogP contribution in [-0.4, -0.2) is 17.1 Å². The van der Waals surface area contributed by atoms with Crippen molar-refractivity contribution in [3.05, 3.63) is 45.9 Å². The fourth-order valence-electron chi connectivity index (χ4n) is 2.24. The first-order valence-electron chi connectivity index (χ1n) is 6.28. The van der Waals surface area contributed by atoms with Gasteiger partial charge in [0.1, 0.15) is 11.6 Å². The molecule has 0 spiro atoms. The summed E-state index contributed by atoms with van der Waals surface area (Å²) < 4.78 is 5.30. The van der Waals surface area contributed by atoms with E-state index in [0.29, 0.717) is 11.6 Å². The Hall–Kier alpha value is -2.10. The molecular weight excluding hydrogens is 240 g/mol. The number of aromatic nitrogens is 2. The molecule has 0 radical (unpaired) electrons. The highest BCUT2D eigenvalue weighted by Gasteiger charge is 2.14. The summed E-state index contributed by atoms with van der Waals surface area (Å²) in [5.41, 5.74) is 2.21. The Balaban J connectivity index is 2.62. The molecule has 0 fully saturated rings. The van der Waals surface area contributed by atoms with Crippen LogP contribution in [0.2, 0.25) is 0 Å². The van der Waals surface area contributed by atoms with E-state index in [9.17, 15) is 4.79 Å². The Morgan fingerprint density at radius 1 is 1.26 bits per heavy atom. The molecule has 1 aromatic heterocycles. The van der Waals surface area contributed by atoms with Gasteiger partial charge in [-0.2, -0.15) is 0 Å². The Morgan fingerprint density at radius 2 is 1.95 bits per heavy atom. The lowest BCUT2D eigenvalue weighted by molar-refractivity contribution is 0.416. The van der Waals surface area contributed by atoms with E-state index in [1.165, 1.54) is 0 Å². The summed E-state index contributed by atoms with van der Waals surface area (Å²) in [4.78, 5) is 19.5. The van der Waals surface area contributed by atoms with Gasteiger partial charge in [0.25, 0.3) is 5.56 Å². The maximum Gasteiger partial charge on any atom is 0.254 e. The summed E-state index contributed by atoms with van der Waals surface area (Å²) in [6.07, 6.45) is 0. The van der Waals surface area contributed by atoms with Gasteiger partial charge in [0, 0.05) is 11.3 Å². The maximum atomic E-state index is 12.1. The molecule has 4 heteroatoms. The monoisotopic (exact) mass is 258 g/mol. The lowest BCUT2D eigenvalue weighted by Crippen LogP contribution is -2.18. The number of aromatic amines is 1. The van der Waals surface area contributed by atoms with Gasteiger partial charge in [-0.05, 0) is 25.0 Å². The Kier molecular flexibility index (Phi) is 3.69. The summed E-state index contributed by atoms with van der Waals surface area (Å²) in [6, 6.07) is 7.51. The van der Waals surface area contributed by atoms with Gasteiger partial charge < -0.3 is 9.72 Å². The van der Waals surface area contributed by atoms with Gasteiger partial charge in [-0.1, -0.05) is 26.0 Å². The molecule has 0 aliphatic heterocycles. The molecule has 0 atom stereocenters. The SMILES string of the molecule is COc1ccccc1-c1nc(C)c(C(C)C)c(=O)[nH]1. The molecule has 2 rings (SSSR count). The molecule has 0 bridgehead atoms. The van der Waals surface area contributed by atoms with Crippen LogP contribution < -0.4 is 10.3 Å². The summed E-state index contributed by atoms with van der Waals surface area (Å²) in [7, 11) is 1.60.